The lowest BCUT2D eigenvalue weighted by Gasteiger charge is -2.20. The van der Waals surface area contributed by atoms with E-state index in [9.17, 15) is 18.3 Å². The predicted molar refractivity (Wildman–Crippen MR) is 76.0 cm³/mol. The summed E-state index contributed by atoms with van der Waals surface area (Å²) in [6.07, 6.45) is -1.58. The minimum absolute atomic E-state index is 0.00512. The molecule has 6 nitrogen and oxygen atoms in total. The topological polar surface area (TPSA) is 89.9 Å². The summed E-state index contributed by atoms with van der Waals surface area (Å²) in [6.45, 7) is 4.60. The zero-order valence-corrected chi connectivity index (χ0v) is 13.1. The molecule has 0 aliphatic heterocycles. The molecule has 0 amide bonds. The van der Waals surface area contributed by atoms with Crippen LogP contribution in [0.1, 0.15) is 27.2 Å². The van der Waals surface area contributed by atoms with Crippen molar-refractivity contribution in [3.05, 3.63) is 30.3 Å². The van der Waals surface area contributed by atoms with Crippen molar-refractivity contribution >= 4 is 16.1 Å². The molecule has 1 aromatic rings. The molecule has 7 heteroatoms. The van der Waals surface area contributed by atoms with Gasteiger partial charge in [0.15, 0.2) is 0 Å². The Morgan fingerprint density at radius 3 is 2.33 bits per heavy atom. The number of benzene rings is 1. The second-order valence-electron chi connectivity index (χ2n) is 5.50. The molecule has 0 saturated heterocycles. The van der Waals surface area contributed by atoms with Crippen LogP contribution in [0.3, 0.4) is 0 Å². The monoisotopic (exact) mass is 316 g/mol. The van der Waals surface area contributed by atoms with E-state index in [2.05, 4.69) is 0 Å². The molecule has 21 heavy (non-hydrogen) atoms. The number of aliphatic hydroxyl groups excluding tert-OH is 1. The lowest BCUT2D eigenvalue weighted by molar-refractivity contribution is -0.157. The molecule has 0 spiro atoms. The van der Waals surface area contributed by atoms with Gasteiger partial charge in [-0.15, -0.1) is 0 Å². The third-order valence-electron chi connectivity index (χ3n) is 2.27. The van der Waals surface area contributed by atoms with Crippen LogP contribution in [-0.4, -0.2) is 37.8 Å². The maximum absolute atomic E-state index is 11.8. The molecule has 0 aliphatic carbocycles. The van der Waals surface area contributed by atoms with Crippen molar-refractivity contribution in [1.29, 1.82) is 0 Å². The molecule has 0 saturated carbocycles. The molecule has 0 heterocycles. The smallest absolute Gasteiger partial charge is 0.309 e. The largest absolute Gasteiger partial charge is 0.460 e. The first kappa shape index (κ1) is 17.6. The van der Waals surface area contributed by atoms with Crippen molar-refractivity contribution in [3.8, 4) is 0 Å². The van der Waals surface area contributed by atoms with E-state index in [-0.39, 0.29) is 11.3 Å². The third kappa shape index (κ3) is 6.70. The van der Waals surface area contributed by atoms with Crippen molar-refractivity contribution in [3.63, 3.8) is 0 Å². The van der Waals surface area contributed by atoms with E-state index >= 15 is 0 Å². The van der Waals surface area contributed by atoms with E-state index in [1.54, 1.807) is 39.0 Å². The minimum Gasteiger partial charge on any atom is -0.460 e. The molecule has 0 aliphatic rings. The third-order valence-corrected chi connectivity index (χ3v) is 3.57. The first-order chi connectivity index (χ1) is 9.60. The van der Waals surface area contributed by atoms with Gasteiger partial charge in [0.05, 0.1) is 24.0 Å². The van der Waals surface area contributed by atoms with Crippen LogP contribution in [0.25, 0.3) is 0 Å². The Morgan fingerprint density at radius 2 is 1.81 bits per heavy atom. The van der Waals surface area contributed by atoms with Crippen molar-refractivity contribution in [1.82, 2.24) is 0 Å². The van der Waals surface area contributed by atoms with Crippen molar-refractivity contribution in [2.24, 2.45) is 0 Å². The van der Waals surface area contributed by atoms with Gasteiger partial charge in [-0.1, -0.05) is 18.2 Å². The fourth-order valence-corrected chi connectivity index (χ4v) is 2.42. The summed E-state index contributed by atoms with van der Waals surface area (Å²) >= 11 is 0. The van der Waals surface area contributed by atoms with Crippen LogP contribution in [0.2, 0.25) is 0 Å². The lowest BCUT2D eigenvalue weighted by atomic mass is 10.2. The van der Waals surface area contributed by atoms with E-state index in [0.717, 1.165) is 0 Å². The minimum atomic E-state index is -3.94. The van der Waals surface area contributed by atoms with Crippen LogP contribution in [0, 0.1) is 0 Å². The van der Waals surface area contributed by atoms with Gasteiger partial charge in [-0.05, 0) is 32.9 Å². The van der Waals surface area contributed by atoms with Gasteiger partial charge in [-0.3, -0.25) is 8.98 Å². The van der Waals surface area contributed by atoms with E-state index in [1.807, 2.05) is 0 Å². The van der Waals surface area contributed by atoms with E-state index in [0.29, 0.717) is 0 Å². The number of aliphatic hydroxyl groups is 1. The molecule has 1 N–H and O–H groups in total. The van der Waals surface area contributed by atoms with Crippen molar-refractivity contribution < 1.29 is 27.2 Å². The summed E-state index contributed by atoms with van der Waals surface area (Å²) in [5.41, 5.74) is -0.659. The highest BCUT2D eigenvalue weighted by atomic mass is 32.2. The van der Waals surface area contributed by atoms with E-state index in [1.165, 1.54) is 12.1 Å². The highest BCUT2D eigenvalue weighted by Crippen LogP contribution is 2.13. The Morgan fingerprint density at radius 1 is 1.24 bits per heavy atom. The van der Waals surface area contributed by atoms with Gasteiger partial charge in [0.25, 0.3) is 10.1 Å². The molecule has 1 aromatic carbocycles. The maximum Gasteiger partial charge on any atom is 0.309 e. The molecular formula is C14H20O6S. The molecule has 118 valence electrons. The predicted octanol–water partition coefficient (Wildman–Crippen LogP) is 1.48. The van der Waals surface area contributed by atoms with Gasteiger partial charge in [-0.2, -0.15) is 8.42 Å². The quantitative estimate of drug-likeness (QED) is 0.631. The van der Waals surface area contributed by atoms with Crippen LogP contribution in [0.5, 0.6) is 0 Å². The summed E-state index contributed by atoms with van der Waals surface area (Å²) in [7, 11) is -3.94. The average molecular weight is 316 g/mol. The standard InChI is InChI=1S/C14H20O6S/c1-14(2,3)20-13(16)9-11(15)10-19-21(17,18)12-7-5-4-6-8-12/h4-8,11,15H,9-10H2,1-3H3. The fraction of sp³-hybridized carbons (Fsp3) is 0.500. The summed E-state index contributed by atoms with van der Waals surface area (Å²) in [4.78, 5) is 11.5. The summed E-state index contributed by atoms with van der Waals surface area (Å²) in [5, 5.41) is 9.64. The summed E-state index contributed by atoms with van der Waals surface area (Å²) in [5.74, 6) is -0.615. The lowest BCUT2D eigenvalue weighted by Crippen LogP contribution is -2.28. The normalized spacial score (nSPS) is 13.7. The highest BCUT2D eigenvalue weighted by Gasteiger charge is 2.22. The molecule has 1 atom stereocenters. The Balaban J connectivity index is 2.50. The summed E-state index contributed by atoms with van der Waals surface area (Å²) < 4.78 is 33.3. The van der Waals surface area contributed by atoms with Crippen LogP contribution < -0.4 is 0 Å². The number of esters is 1. The van der Waals surface area contributed by atoms with Crippen LogP contribution in [0.15, 0.2) is 35.2 Å². The van der Waals surface area contributed by atoms with Crippen molar-refractivity contribution in [2.45, 2.75) is 43.8 Å². The van der Waals surface area contributed by atoms with Crippen LogP contribution in [-0.2, 0) is 23.8 Å². The number of carbonyl (C=O) groups is 1. The molecule has 0 radical (unpaired) electrons. The van der Waals surface area contributed by atoms with Crippen molar-refractivity contribution in [2.75, 3.05) is 6.61 Å². The fourth-order valence-electron chi connectivity index (χ4n) is 1.46. The average Bonchev–Trinajstić information content (AvgIpc) is 2.35. The zero-order chi connectivity index (χ0) is 16.1. The molecule has 0 aromatic heterocycles. The van der Waals surface area contributed by atoms with Crippen LogP contribution in [0.4, 0.5) is 0 Å². The SMILES string of the molecule is CC(C)(C)OC(=O)CC(O)COS(=O)(=O)c1ccccc1. The zero-order valence-electron chi connectivity index (χ0n) is 12.3. The van der Waals surface area contributed by atoms with Gasteiger partial charge in [-0.25, -0.2) is 0 Å². The molecule has 0 fully saturated rings. The van der Waals surface area contributed by atoms with Gasteiger partial charge in [0, 0.05) is 0 Å². The maximum atomic E-state index is 11.8. The Bertz CT molecular complexity index is 559. The highest BCUT2D eigenvalue weighted by molar-refractivity contribution is 7.86. The first-order valence-corrected chi connectivity index (χ1v) is 7.85. The number of hydrogen-bond donors (Lipinski definition) is 1. The van der Waals surface area contributed by atoms with Gasteiger partial charge >= 0.3 is 5.97 Å². The summed E-state index contributed by atoms with van der Waals surface area (Å²) in [6, 6.07) is 7.57. The molecular weight excluding hydrogens is 296 g/mol. The Kier molecular flexibility index (Phi) is 5.88. The second-order valence-corrected chi connectivity index (χ2v) is 7.11. The van der Waals surface area contributed by atoms with E-state index in [4.69, 9.17) is 8.92 Å². The van der Waals surface area contributed by atoms with Crippen LogP contribution >= 0.6 is 0 Å². The number of rotatable bonds is 6. The number of ether oxygens (including phenoxy) is 1. The van der Waals surface area contributed by atoms with E-state index < -0.39 is 34.4 Å². The Hall–Kier alpha value is -1.44. The number of hydrogen-bond acceptors (Lipinski definition) is 6. The molecule has 0 bridgehead atoms. The Labute approximate surface area is 124 Å². The molecule has 1 rings (SSSR count). The van der Waals surface area contributed by atoms with Gasteiger partial charge < -0.3 is 9.84 Å². The van der Waals surface area contributed by atoms with Gasteiger partial charge in [0.2, 0.25) is 0 Å². The molecule has 1 unspecified atom stereocenters. The second kappa shape index (κ2) is 7.02. The van der Waals surface area contributed by atoms with Gasteiger partial charge in [0.1, 0.15) is 5.60 Å². The first-order valence-electron chi connectivity index (χ1n) is 6.44. The number of carbonyl (C=O) groups excluding carboxylic acids is 1.